The second-order valence-corrected chi connectivity index (χ2v) is 9.20. The van der Waals surface area contributed by atoms with Crippen molar-refractivity contribution in [3.63, 3.8) is 0 Å². The number of halogens is 4. The molecule has 0 radical (unpaired) electrons. The molecule has 6 N–H and O–H groups in total. The van der Waals surface area contributed by atoms with Gasteiger partial charge in [0.15, 0.2) is 22.5 Å². The number of likely N-dealkylation sites (N-methyl/N-ethyl adjacent to an activating group) is 1. The van der Waals surface area contributed by atoms with E-state index in [9.17, 15) is 23.1 Å². The van der Waals surface area contributed by atoms with E-state index in [0.717, 1.165) is 36.7 Å². The Kier molecular flexibility index (Phi) is 11.9. The number of phenolic OH excluding ortho intramolecular Hbond substituents is 1. The van der Waals surface area contributed by atoms with Gasteiger partial charge in [-0.05, 0) is 24.1 Å². The van der Waals surface area contributed by atoms with Gasteiger partial charge in [0, 0.05) is 12.8 Å². The van der Waals surface area contributed by atoms with Gasteiger partial charge < -0.3 is 36.3 Å². The minimum atomic E-state index is -5.19. The average Bonchev–Trinajstić information content (AvgIpc) is 2.79. The van der Waals surface area contributed by atoms with E-state index in [2.05, 4.69) is 36.3 Å². The molecular weight excluding hydrogens is 517 g/mol. The lowest BCUT2D eigenvalue weighted by Gasteiger charge is -2.38. The molecule has 37 heavy (non-hydrogen) atoms. The van der Waals surface area contributed by atoms with Gasteiger partial charge in [-0.2, -0.15) is 13.2 Å². The van der Waals surface area contributed by atoms with Gasteiger partial charge in [-0.3, -0.25) is 4.79 Å². The van der Waals surface area contributed by atoms with E-state index in [4.69, 9.17) is 33.0 Å². The topological polar surface area (TPSA) is 167 Å². The predicted molar refractivity (Wildman–Crippen MR) is 131 cm³/mol. The molecule has 0 bridgehead atoms. The zero-order chi connectivity index (χ0) is 28.4. The fraction of sp³-hybridized carbons (Fsp3) is 0.478. The highest BCUT2D eigenvalue weighted by atomic mass is 35.5. The fourth-order valence-corrected chi connectivity index (χ4v) is 3.60. The number of quaternary nitrogens is 1. The first-order valence-electron chi connectivity index (χ1n) is 11.3. The van der Waals surface area contributed by atoms with Crippen molar-refractivity contribution in [3.8, 4) is 5.75 Å². The first-order valence-corrected chi connectivity index (χ1v) is 11.7. The summed E-state index contributed by atoms with van der Waals surface area (Å²) in [4.78, 5) is 29.2. The van der Waals surface area contributed by atoms with Gasteiger partial charge in [0.2, 0.25) is 0 Å². The van der Waals surface area contributed by atoms with Crippen LogP contribution < -0.4 is 21.9 Å². The molecule has 0 aliphatic heterocycles. The van der Waals surface area contributed by atoms with E-state index < -0.39 is 18.1 Å². The van der Waals surface area contributed by atoms with Gasteiger partial charge in [0.05, 0.1) is 27.2 Å². The molecule has 0 aliphatic carbocycles. The number of phenols is 1. The van der Waals surface area contributed by atoms with Crippen molar-refractivity contribution in [2.24, 2.45) is 0 Å². The lowest BCUT2D eigenvalue weighted by molar-refractivity contribution is -0.914. The number of carbonyl (C=O) groups excluding carboxylic acids is 2. The standard InChI is InChI=1S/C21H31ClN6O2.C2HF3O2/c1-4-6-15(13-25-21(30)17-19(23)27-20(24)18(22)26-17)28(2,3)12-5-7-14-8-10-16(29)11-9-14;3-2(4,5)1(6)7/h8-11,15H,4-7,12-13H2,1-3H3,(H5-,23,24,25,27,29,30);(H,6,7)/t15-;/m0./s1. The number of alkyl halides is 3. The SMILES string of the molecule is CCC[C@@H](CNC(=O)c1nc(Cl)c(N)nc1N)[N+](C)(C)CCCc1ccc(O)cc1.O=C([O-])C(F)(F)F. The molecule has 1 aromatic carbocycles. The molecule has 0 fully saturated rings. The number of carbonyl (C=O) groups is 2. The maximum Gasteiger partial charge on any atom is 0.430 e. The summed E-state index contributed by atoms with van der Waals surface area (Å²) in [6.07, 6.45) is -1.28. The number of benzene rings is 1. The smallest absolute Gasteiger partial charge is 0.430 e. The highest BCUT2D eigenvalue weighted by Crippen LogP contribution is 2.19. The van der Waals surface area contributed by atoms with Crippen molar-refractivity contribution < 1.29 is 37.5 Å². The summed E-state index contributed by atoms with van der Waals surface area (Å²) in [5.74, 6) is -3.17. The second-order valence-electron chi connectivity index (χ2n) is 8.84. The van der Waals surface area contributed by atoms with E-state index in [-0.39, 0.29) is 34.3 Å². The number of anilines is 2. The lowest BCUT2D eigenvalue weighted by Crippen LogP contribution is -2.54. The van der Waals surface area contributed by atoms with Gasteiger partial charge >= 0.3 is 6.18 Å². The number of aliphatic carboxylic acids is 1. The third kappa shape index (κ3) is 10.7. The van der Waals surface area contributed by atoms with Crippen LogP contribution in [-0.2, 0) is 11.2 Å². The zero-order valence-electron chi connectivity index (χ0n) is 20.8. The second kappa shape index (κ2) is 13.8. The number of nitrogens with two attached hydrogens (primary N) is 2. The maximum absolute atomic E-state index is 12.6. The molecule has 0 saturated heterocycles. The molecule has 1 amide bonds. The fourth-order valence-electron chi connectivity index (χ4n) is 3.47. The minimum absolute atomic E-state index is 0.000930. The number of nitrogens with zero attached hydrogens (tertiary/aromatic N) is 3. The summed E-state index contributed by atoms with van der Waals surface area (Å²) in [6.45, 7) is 3.58. The van der Waals surface area contributed by atoms with Crippen LogP contribution in [0.1, 0.15) is 42.2 Å². The Labute approximate surface area is 218 Å². The van der Waals surface area contributed by atoms with E-state index in [1.165, 1.54) is 5.56 Å². The molecule has 206 valence electrons. The number of aromatic hydroxyl groups is 1. The molecular formula is C23H32ClF3N6O4. The quantitative estimate of drug-likeness (QED) is 0.326. The number of rotatable bonds is 10. The Bertz CT molecular complexity index is 1050. The first-order chi connectivity index (χ1) is 17.1. The van der Waals surface area contributed by atoms with Crippen LogP contribution in [0.15, 0.2) is 24.3 Å². The van der Waals surface area contributed by atoms with Gasteiger partial charge in [-0.1, -0.05) is 37.1 Å². The largest absolute Gasteiger partial charge is 0.542 e. The average molecular weight is 549 g/mol. The van der Waals surface area contributed by atoms with Crippen LogP contribution in [-0.4, -0.2) is 70.8 Å². The highest BCUT2D eigenvalue weighted by molar-refractivity contribution is 6.31. The Morgan fingerprint density at radius 3 is 2.24 bits per heavy atom. The molecule has 14 heteroatoms. The van der Waals surface area contributed by atoms with Crippen LogP contribution in [0.3, 0.4) is 0 Å². The molecule has 1 aromatic heterocycles. The number of aryl methyl sites for hydroxylation is 1. The summed E-state index contributed by atoms with van der Waals surface area (Å²) in [5, 5.41) is 21.1. The summed E-state index contributed by atoms with van der Waals surface area (Å²) in [5.41, 5.74) is 12.5. The number of nitrogens with one attached hydrogen (secondary N) is 1. The first kappa shape index (κ1) is 31.7. The molecule has 1 atom stereocenters. The molecule has 2 aromatic rings. The maximum atomic E-state index is 12.6. The lowest BCUT2D eigenvalue weighted by atomic mass is 10.1. The highest BCUT2D eigenvalue weighted by Gasteiger charge is 2.29. The molecule has 0 saturated carbocycles. The van der Waals surface area contributed by atoms with Crippen molar-refractivity contribution in [1.82, 2.24) is 15.3 Å². The van der Waals surface area contributed by atoms with Crippen LogP contribution in [0.2, 0.25) is 5.15 Å². The van der Waals surface area contributed by atoms with Crippen molar-refractivity contribution in [3.05, 3.63) is 40.7 Å². The van der Waals surface area contributed by atoms with Crippen LogP contribution >= 0.6 is 11.6 Å². The Morgan fingerprint density at radius 2 is 1.73 bits per heavy atom. The zero-order valence-corrected chi connectivity index (χ0v) is 21.6. The number of nitrogen functional groups attached to an aromatic ring is 2. The molecule has 1 heterocycles. The monoisotopic (exact) mass is 548 g/mol. The Hall–Kier alpha value is -3.32. The van der Waals surface area contributed by atoms with Gasteiger partial charge in [0.1, 0.15) is 17.8 Å². The Morgan fingerprint density at radius 1 is 1.16 bits per heavy atom. The number of carboxylic acids is 1. The van der Waals surface area contributed by atoms with Crippen LogP contribution in [0.25, 0.3) is 0 Å². The molecule has 10 nitrogen and oxygen atoms in total. The van der Waals surface area contributed by atoms with E-state index in [1.54, 1.807) is 12.1 Å². The van der Waals surface area contributed by atoms with Crippen LogP contribution in [0, 0.1) is 0 Å². The summed E-state index contributed by atoms with van der Waals surface area (Å²) in [7, 11) is 4.36. The minimum Gasteiger partial charge on any atom is -0.542 e. The predicted octanol–water partition coefficient (Wildman–Crippen LogP) is 1.91. The van der Waals surface area contributed by atoms with Crippen molar-refractivity contribution >= 4 is 35.1 Å². The van der Waals surface area contributed by atoms with Gasteiger partial charge in [0.25, 0.3) is 5.91 Å². The molecule has 0 aliphatic rings. The summed E-state index contributed by atoms with van der Waals surface area (Å²) < 4.78 is 32.3. The number of aromatic nitrogens is 2. The van der Waals surface area contributed by atoms with Crippen LogP contribution in [0.5, 0.6) is 5.75 Å². The summed E-state index contributed by atoms with van der Waals surface area (Å²) >= 11 is 5.88. The van der Waals surface area contributed by atoms with Crippen molar-refractivity contribution in [1.29, 1.82) is 0 Å². The molecule has 0 spiro atoms. The van der Waals surface area contributed by atoms with Crippen LogP contribution in [0.4, 0.5) is 24.8 Å². The summed E-state index contributed by atoms with van der Waals surface area (Å²) in [6, 6.07) is 7.55. The van der Waals surface area contributed by atoms with E-state index in [1.807, 2.05) is 12.1 Å². The molecule has 0 unspecified atom stereocenters. The van der Waals surface area contributed by atoms with Gasteiger partial charge in [-0.15, -0.1) is 0 Å². The van der Waals surface area contributed by atoms with E-state index in [0.29, 0.717) is 6.54 Å². The van der Waals surface area contributed by atoms with Crippen molar-refractivity contribution in [2.45, 2.75) is 44.8 Å². The number of amides is 1. The Balaban J connectivity index is 0.000000856. The molecule has 2 rings (SSSR count). The number of hydrogen-bond donors (Lipinski definition) is 4. The number of hydrogen-bond acceptors (Lipinski definition) is 8. The van der Waals surface area contributed by atoms with Crippen molar-refractivity contribution in [2.75, 3.05) is 38.7 Å². The van der Waals surface area contributed by atoms with Gasteiger partial charge in [-0.25, -0.2) is 9.97 Å². The number of carboxylic acid groups (broad SMARTS) is 1. The normalized spacial score (nSPS) is 12.3. The third-order valence-corrected chi connectivity index (χ3v) is 5.87. The third-order valence-electron chi connectivity index (χ3n) is 5.60. The van der Waals surface area contributed by atoms with E-state index >= 15 is 0 Å².